The van der Waals surface area contributed by atoms with E-state index in [2.05, 4.69) is 22.6 Å². The molecule has 0 aliphatic heterocycles. The first kappa shape index (κ1) is 48.7. The van der Waals surface area contributed by atoms with Gasteiger partial charge in [0, 0.05) is 13.0 Å². The Morgan fingerprint density at radius 3 is 0.857 bits per heavy atom. The van der Waals surface area contributed by atoms with E-state index in [4.69, 9.17) is 61.6 Å². The molecule has 0 rings (SSSR count). The van der Waals surface area contributed by atoms with Gasteiger partial charge in [-0.1, -0.05) is 42.4 Å². The lowest BCUT2D eigenvalue weighted by Crippen LogP contribution is -2.15. The standard InChI is InChI=1S/C34H67IO14/c1-2-7-34(36)49-33-32-48-31-30-47-29-28-46-27-26-45-25-24-44-23-22-43-21-20-42-19-18-41-17-16-40-15-14-39-13-12-38-11-10-37-9-6-4-3-5-8-35/h2-33H2,1H3. The molecule has 0 aromatic carbocycles. The second-order valence-corrected chi connectivity index (χ2v) is 11.5. The third kappa shape index (κ3) is 45.7. The Morgan fingerprint density at radius 2 is 0.592 bits per heavy atom. The molecule has 0 unspecified atom stereocenters. The molecule has 0 atom stereocenters. The van der Waals surface area contributed by atoms with Gasteiger partial charge < -0.3 is 61.6 Å². The Kier molecular flexibility index (Phi) is 45.5. The summed E-state index contributed by atoms with van der Waals surface area (Å²) in [5, 5.41) is 0. The van der Waals surface area contributed by atoms with Crippen LogP contribution in [0.3, 0.4) is 0 Å². The average molecular weight is 827 g/mol. The molecule has 0 radical (unpaired) electrons. The van der Waals surface area contributed by atoms with Crippen LogP contribution < -0.4 is 0 Å². The fourth-order valence-corrected chi connectivity index (χ4v) is 4.20. The van der Waals surface area contributed by atoms with Crippen LogP contribution in [0.2, 0.25) is 0 Å². The quantitative estimate of drug-likeness (QED) is 0.0384. The van der Waals surface area contributed by atoms with E-state index in [-0.39, 0.29) is 12.6 Å². The smallest absolute Gasteiger partial charge is 0.305 e. The first-order chi connectivity index (χ1) is 24.3. The fraction of sp³-hybridized carbons (Fsp3) is 0.971. The number of halogens is 1. The summed E-state index contributed by atoms with van der Waals surface area (Å²) in [5.74, 6) is -0.188. The number of carbonyl (C=O) groups is 1. The normalized spacial score (nSPS) is 11.5. The van der Waals surface area contributed by atoms with Gasteiger partial charge in [-0.15, -0.1) is 0 Å². The van der Waals surface area contributed by atoms with Crippen LogP contribution >= 0.6 is 22.6 Å². The third-order valence-electron chi connectivity index (χ3n) is 6.21. The molecule has 49 heavy (non-hydrogen) atoms. The number of hydrogen-bond acceptors (Lipinski definition) is 14. The van der Waals surface area contributed by atoms with Crippen LogP contribution in [0.1, 0.15) is 45.4 Å². The minimum atomic E-state index is -0.188. The molecule has 0 spiro atoms. The molecule has 0 bridgehead atoms. The maximum Gasteiger partial charge on any atom is 0.305 e. The van der Waals surface area contributed by atoms with Gasteiger partial charge in [0.25, 0.3) is 0 Å². The molecule has 0 aromatic heterocycles. The number of alkyl halides is 1. The van der Waals surface area contributed by atoms with Crippen molar-refractivity contribution in [1.82, 2.24) is 0 Å². The van der Waals surface area contributed by atoms with Crippen molar-refractivity contribution in [2.24, 2.45) is 0 Å². The maximum absolute atomic E-state index is 11.2. The minimum Gasteiger partial charge on any atom is -0.463 e. The Balaban J connectivity index is 3.06. The van der Waals surface area contributed by atoms with Crippen LogP contribution in [0, 0.1) is 0 Å². The number of hydrogen-bond donors (Lipinski definition) is 0. The van der Waals surface area contributed by atoms with E-state index in [1.807, 2.05) is 6.92 Å². The van der Waals surface area contributed by atoms with Gasteiger partial charge in [-0.3, -0.25) is 4.79 Å². The number of carbonyl (C=O) groups excluding carboxylic acids is 1. The van der Waals surface area contributed by atoms with Crippen molar-refractivity contribution in [3.05, 3.63) is 0 Å². The summed E-state index contributed by atoms with van der Waals surface area (Å²) in [6.07, 6.45) is 6.19. The highest BCUT2D eigenvalue weighted by Crippen LogP contribution is 2.02. The van der Waals surface area contributed by atoms with Crippen molar-refractivity contribution >= 4 is 28.6 Å². The Morgan fingerprint density at radius 1 is 0.347 bits per heavy atom. The second-order valence-electron chi connectivity index (χ2n) is 10.4. The van der Waals surface area contributed by atoms with Crippen molar-refractivity contribution in [2.75, 3.05) is 170 Å². The van der Waals surface area contributed by atoms with Gasteiger partial charge in [-0.2, -0.15) is 0 Å². The molecule has 0 aliphatic rings. The molecular formula is C34H67IO14. The summed E-state index contributed by atoms with van der Waals surface area (Å²) in [6.45, 7) is 14.8. The Hall–Kier alpha value is -0.280. The van der Waals surface area contributed by atoms with Crippen LogP contribution in [0.5, 0.6) is 0 Å². The summed E-state index contributed by atoms with van der Waals surface area (Å²) in [4.78, 5) is 11.2. The highest BCUT2D eigenvalue weighted by molar-refractivity contribution is 14.1. The number of esters is 1. The molecule has 0 saturated heterocycles. The van der Waals surface area contributed by atoms with Gasteiger partial charge in [0.05, 0.1) is 152 Å². The van der Waals surface area contributed by atoms with E-state index >= 15 is 0 Å². The second kappa shape index (κ2) is 45.7. The van der Waals surface area contributed by atoms with Crippen LogP contribution in [0.4, 0.5) is 0 Å². The number of rotatable bonds is 44. The van der Waals surface area contributed by atoms with Crippen LogP contribution in [0.15, 0.2) is 0 Å². The first-order valence-electron chi connectivity index (χ1n) is 18.0. The highest BCUT2D eigenvalue weighted by Gasteiger charge is 2.00. The van der Waals surface area contributed by atoms with Gasteiger partial charge >= 0.3 is 5.97 Å². The van der Waals surface area contributed by atoms with E-state index in [1.165, 1.54) is 23.7 Å². The van der Waals surface area contributed by atoms with E-state index in [9.17, 15) is 4.79 Å². The van der Waals surface area contributed by atoms with Crippen molar-refractivity contribution in [3.63, 3.8) is 0 Å². The third-order valence-corrected chi connectivity index (χ3v) is 6.97. The first-order valence-corrected chi connectivity index (χ1v) is 19.5. The van der Waals surface area contributed by atoms with Crippen LogP contribution in [-0.4, -0.2) is 176 Å². The zero-order valence-corrected chi connectivity index (χ0v) is 32.4. The van der Waals surface area contributed by atoms with E-state index in [1.54, 1.807) is 0 Å². The molecule has 0 N–H and O–H groups in total. The minimum absolute atomic E-state index is 0.188. The Bertz CT molecular complexity index is 623. The molecule has 294 valence electrons. The van der Waals surface area contributed by atoms with E-state index in [0.717, 1.165) is 19.4 Å². The van der Waals surface area contributed by atoms with Crippen LogP contribution in [0.25, 0.3) is 0 Å². The largest absolute Gasteiger partial charge is 0.463 e. The fourth-order valence-electron chi connectivity index (χ4n) is 3.66. The molecular weight excluding hydrogens is 759 g/mol. The summed E-state index contributed by atoms with van der Waals surface area (Å²) in [6, 6.07) is 0. The molecule has 0 fully saturated rings. The van der Waals surface area contributed by atoms with Crippen molar-refractivity contribution in [2.45, 2.75) is 45.4 Å². The molecule has 0 saturated carbocycles. The Labute approximate surface area is 309 Å². The lowest BCUT2D eigenvalue weighted by atomic mass is 10.2. The van der Waals surface area contributed by atoms with E-state index < -0.39 is 0 Å². The predicted molar refractivity (Wildman–Crippen MR) is 193 cm³/mol. The van der Waals surface area contributed by atoms with Crippen molar-refractivity contribution in [3.8, 4) is 0 Å². The summed E-state index contributed by atoms with van der Waals surface area (Å²) in [7, 11) is 0. The average Bonchev–Trinajstić information content (AvgIpc) is 3.10. The van der Waals surface area contributed by atoms with Gasteiger partial charge in [0.2, 0.25) is 0 Å². The monoisotopic (exact) mass is 826 g/mol. The van der Waals surface area contributed by atoms with Crippen LogP contribution in [-0.2, 0) is 66.4 Å². The van der Waals surface area contributed by atoms with Gasteiger partial charge in [0.1, 0.15) is 6.61 Å². The molecule has 14 nitrogen and oxygen atoms in total. The predicted octanol–water partition coefficient (Wildman–Crippen LogP) is 3.52. The van der Waals surface area contributed by atoms with Crippen molar-refractivity contribution < 1.29 is 66.4 Å². The van der Waals surface area contributed by atoms with E-state index in [0.29, 0.717) is 158 Å². The number of unbranched alkanes of at least 4 members (excludes halogenated alkanes) is 3. The highest BCUT2D eigenvalue weighted by atomic mass is 127. The lowest BCUT2D eigenvalue weighted by Gasteiger charge is -2.09. The van der Waals surface area contributed by atoms with Crippen molar-refractivity contribution in [1.29, 1.82) is 0 Å². The molecule has 0 heterocycles. The molecule has 15 heteroatoms. The lowest BCUT2D eigenvalue weighted by molar-refractivity contribution is -0.145. The molecule has 0 aliphatic carbocycles. The topological polar surface area (TPSA) is 137 Å². The molecule has 0 amide bonds. The SMILES string of the molecule is CCCC(=O)OCCOCCOCCOCCOCCOCCOCCOCCOCCOCCOCCOCCOCCCCCCI. The zero-order chi connectivity index (χ0) is 35.4. The number of ether oxygens (including phenoxy) is 13. The summed E-state index contributed by atoms with van der Waals surface area (Å²) < 4.78 is 71.9. The zero-order valence-electron chi connectivity index (χ0n) is 30.2. The van der Waals surface area contributed by atoms with Gasteiger partial charge in [-0.05, 0) is 23.7 Å². The van der Waals surface area contributed by atoms with Gasteiger partial charge in [-0.25, -0.2) is 0 Å². The maximum atomic E-state index is 11.2. The summed E-state index contributed by atoms with van der Waals surface area (Å²) in [5.41, 5.74) is 0. The summed E-state index contributed by atoms with van der Waals surface area (Å²) >= 11 is 2.42. The molecule has 0 aromatic rings. The van der Waals surface area contributed by atoms with Gasteiger partial charge in [0.15, 0.2) is 0 Å².